The zero-order valence-electron chi connectivity index (χ0n) is 37.4. The van der Waals surface area contributed by atoms with Crippen LogP contribution in [0.25, 0.3) is 93.7 Å². The van der Waals surface area contributed by atoms with Gasteiger partial charge >= 0.3 is 0 Å². The van der Waals surface area contributed by atoms with Crippen molar-refractivity contribution in [3.63, 3.8) is 0 Å². The molecule has 0 saturated carbocycles. The van der Waals surface area contributed by atoms with Crippen LogP contribution in [0, 0.1) is 0 Å². The molecule has 1 aliphatic rings. The van der Waals surface area contributed by atoms with Crippen molar-refractivity contribution in [2.24, 2.45) is 0 Å². The second-order valence-corrected chi connectivity index (χ2v) is 18.4. The number of nitrogens with zero attached hydrogens (tertiary/aromatic N) is 3. The van der Waals surface area contributed by atoms with Crippen LogP contribution in [-0.2, 0) is 5.41 Å². The maximum absolute atomic E-state index is 4.87. The van der Waals surface area contributed by atoms with Crippen molar-refractivity contribution >= 4 is 60.5 Å². The highest BCUT2D eigenvalue weighted by atomic mass is 15.1. The maximum atomic E-state index is 4.87. The second kappa shape index (κ2) is 15.3. The van der Waals surface area contributed by atoms with Crippen LogP contribution >= 0.6 is 0 Å². The molecule has 3 nitrogen and oxygen atoms in total. The summed E-state index contributed by atoms with van der Waals surface area (Å²) in [4.78, 5) is 7.28. The van der Waals surface area contributed by atoms with Gasteiger partial charge in [0, 0.05) is 55.9 Å². The standard InChI is InChI=1S/C64H45N3/c1-64(2)58-40-48(53-20-11-15-45-22-23-46-16-12-38-65-63(46)62(45)53)28-35-54(58)55-36-34-52(41-59(55)64)66(50-30-24-43(25-31-50)42-13-5-3-6-14-42)51-32-26-44(27-33-51)47-29-37-61-57(39-47)56-19-9-10-21-60(56)67(61)49-17-7-4-8-18-49/h3-41H,1-2H3. The molecule has 0 radical (unpaired) electrons. The van der Waals surface area contributed by atoms with Gasteiger partial charge in [0.15, 0.2) is 0 Å². The summed E-state index contributed by atoms with van der Waals surface area (Å²) in [7, 11) is 0. The van der Waals surface area contributed by atoms with Gasteiger partial charge in [0.25, 0.3) is 0 Å². The van der Waals surface area contributed by atoms with Crippen LogP contribution in [0.2, 0.25) is 0 Å². The molecule has 0 N–H and O–H groups in total. The van der Waals surface area contributed by atoms with E-state index in [1.807, 2.05) is 12.3 Å². The molecule has 13 rings (SSSR count). The van der Waals surface area contributed by atoms with Crippen molar-refractivity contribution in [2.45, 2.75) is 19.3 Å². The first-order valence-electron chi connectivity index (χ1n) is 23.2. The number of hydrogen-bond acceptors (Lipinski definition) is 2. The largest absolute Gasteiger partial charge is 0.310 e. The Labute approximate surface area is 390 Å². The molecule has 10 aromatic carbocycles. The van der Waals surface area contributed by atoms with Gasteiger partial charge in [-0.1, -0.05) is 166 Å². The fraction of sp³-hybridized carbons (Fsp3) is 0.0469. The number of anilines is 3. The predicted octanol–water partition coefficient (Wildman–Crippen LogP) is 17.3. The molecule has 0 bridgehead atoms. The fourth-order valence-electron chi connectivity index (χ4n) is 10.9. The van der Waals surface area contributed by atoms with Crippen LogP contribution in [0.5, 0.6) is 0 Å². The van der Waals surface area contributed by atoms with Gasteiger partial charge in [0.05, 0.1) is 16.6 Å². The molecule has 316 valence electrons. The second-order valence-electron chi connectivity index (χ2n) is 18.4. The molecule has 0 atom stereocenters. The van der Waals surface area contributed by atoms with Crippen molar-refractivity contribution in [1.82, 2.24) is 9.55 Å². The first kappa shape index (κ1) is 38.9. The highest BCUT2D eigenvalue weighted by molar-refractivity contribution is 6.13. The number of hydrogen-bond donors (Lipinski definition) is 0. The van der Waals surface area contributed by atoms with E-state index in [0.29, 0.717) is 0 Å². The molecule has 0 aliphatic heterocycles. The number of fused-ring (bicyclic) bond motifs is 9. The smallest absolute Gasteiger partial charge is 0.0786 e. The van der Waals surface area contributed by atoms with E-state index in [0.717, 1.165) is 28.0 Å². The number of benzene rings is 10. The molecule has 0 fully saturated rings. The van der Waals surface area contributed by atoms with Gasteiger partial charge in [-0.3, -0.25) is 4.98 Å². The number of rotatable bonds is 7. The summed E-state index contributed by atoms with van der Waals surface area (Å²) in [5.74, 6) is 0. The summed E-state index contributed by atoms with van der Waals surface area (Å²) in [6.45, 7) is 4.76. The van der Waals surface area contributed by atoms with Crippen molar-refractivity contribution in [3.8, 4) is 50.2 Å². The molecule has 67 heavy (non-hydrogen) atoms. The van der Waals surface area contributed by atoms with Crippen LogP contribution in [0.1, 0.15) is 25.0 Å². The summed E-state index contributed by atoms with van der Waals surface area (Å²) >= 11 is 0. The Morgan fingerprint density at radius 3 is 1.75 bits per heavy atom. The Morgan fingerprint density at radius 1 is 0.388 bits per heavy atom. The zero-order chi connectivity index (χ0) is 44.6. The van der Waals surface area contributed by atoms with Crippen LogP contribution in [0.15, 0.2) is 237 Å². The van der Waals surface area contributed by atoms with Gasteiger partial charge in [-0.25, -0.2) is 0 Å². The Kier molecular flexibility index (Phi) is 8.88. The monoisotopic (exact) mass is 855 g/mol. The van der Waals surface area contributed by atoms with Gasteiger partial charge in [-0.15, -0.1) is 0 Å². The van der Waals surface area contributed by atoms with Crippen LogP contribution in [-0.4, -0.2) is 9.55 Å². The third kappa shape index (κ3) is 6.30. The Morgan fingerprint density at radius 2 is 0.970 bits per heavy atom. The van der Waals surface area contributed by atoms with Crippen molar-refractivity contribution in [2.75, 3.05) is 4.90 Å². The average molecular weight is 856 g/mol. The van der Waals surface area contributed by atoms with Crippen LogP contribution in [0.3, 0.4) is 0 Å². The van der Waals surface area contributed by atoms with Gasteiger partial charge in [0.2, 0.25) is 0 Å². The van der Waals surface area contributed by atoms with E-state index >= 15 is 0 Å². The molecule has 0 saturated heterocycles. The minimum absolute atomic E-state index is 0.240. The summed E-state index contributed by atoms with van der Waals surface area (Å²) in [6, 6.07) is 84.4. The van der Waals surface area contributed by atoms with E-state index in [-0.39, 0.29) is 5.41 Å². The van der Waals surface area contributed by atoms with E-state index in [9.17, 15) is 0 Å². The third-order valence-corrected chi connectivity index (χ3v) is 14.2. The quantitative estimate of drug-likeness (QED) is 0.149. The molecule has 0 unspecified atom stereocenters. The lowest BCUT2D eigenvalue weighted by atomic mass is 9.81. The van der Waals surface area contributed by atoms with Gasteiger partial charge in [-0.2, -0.15) is 0 Å². The Hall–Kier alpha value is -8.53. The zero-order valence-corrected chi connectivity index (χ0v) is 37.4. The van der Waals surface area contributed by atoms with E-state index in [1.165, 1.54) is 93.9 Å². The summed E-state index contributed by atoms with van der Waals surface area (Å²) in [5, 5.41) is 6.06. The summed E-state index contributed by atoms with van der Waals surface area (Å²) in [5.41, 5.74) is 20.2. The molecule has 2 heterocycles. The van der Waals surface area contributed by atoms with E-state index in [1.54, 1.807) is 0 Å². The highest BCUT2D eigenvalue weighted by Gasteiger charge is 2.36. The molecule has 0 spiro atoms. The number of aromatic nitrogens is 2. The molecule has 12 aromatic rings. The van der Waals surface area contributed by atoms with Gasteiger partial charge in [0.1, 0.15) is 0 Å². The van der Waals surface area contributed by atoms with Crippen molar-refractivity contribution < 1.29 is 0 Å². The van der Waals surface area contributed by atoms with Crippen molar-refractivity contribution in [3.05, 3.63) is 248 Å². The third-order valence-electron chi connectivity index (χ3n) is 14.2. The lowest BCUT2D eigenvalue weighted by Gasteiger charge is -2.28. The Bertz CT molecular complexity index is 3860. The maximum Gasteiger partial charge on any atom is 0.0786 e. The topological polar surface area (TPSA) is 21.1 Å². The minimum Gasteiger partial charge on any atom is -0.310 e. The molecule has 0 amide bonds. The number of pyridine rings is 1. The molecular formula is C64H45N3. The molecule has 2 aromatic heterocycles. The summed E-state index contributed by atoms with van der Waals surface area (Å²) < 4.78 is 2.37. The lowest BCUT2D eigenvalue weighted by Crippen LogP contribution is -2.16. The van der Waals surface area contributed by atoms with Gasteiger partial charge in [-0.05, 0) is 140 Å². The fourth-order valence-corrected chi connectivity index (χ4v) is 10.9. The van der Waals surface area contributed by atoms with Crippen molar-refractivity contribution in [1.29, 1.82) is 0 Å². The lowest BCUT2D eigenvalue weighted by molar-refractivity contribution is 0.660. The van der Waals surface area contributed by atoms with Crippen LogP contribution < -0.4 is 4.90 Å². The first-order valence-corrected chi connectivity index (χ1v) is 23.2. The van der Waals surface area contributed by atoms with E-state index in [4.69, 9.17) is 4.98 Å². The number of para-hydroxylation sites is 2. The minimum atomic E-state index is -0.240. The molecular weight excluding hydrogens is 811 g/mol. The highest BCUT2D eigenvalue weighted by Crippen LogP contribution is 2.52. The summed E-state index contributed by atoms with van der Waals surface area (Å²) in [6.07, 6.45) is 1.90. The van der Waals surface area contributed by atoms with Crippen LogP contribution in [0.4, 0.5) is 17.1 Å². The van der Waals surface area contributed by atoms with E-state index < -0.39 is 0 Å². The Balaban J connectivity index is 0.899. The SMILES string of the molecule is CC1(C)c2cc(-c3cccc4ccc5cccnc5c34)ccc2-c2ccc(N(c3ccc(-c4ccccc4)cc3)c3ccc(-c4ccc5c(c4)c4ccccc4n5-c4ccccc4)cc3)cc21. The van der Waals surface area contributed by atoms with Gasteiger partial charge < -0.3 is 9.47 Å². The first-order chi connectivity index (χ1) is 33.0. The predicted molar refractivity (Wildman–Crippen MR) is 282 cm³/mol. The average Bonchev–Trinajstić information content (AvgIpc) is 3.84. The normalized spacial score (nSPS) is 12.7. The molecule has 1 aliphatic carbocycles. The molecule has 3 heteroatoms. The van der Waals surface area contributed by atoms with E-state index in [2.05, 4.69) is 248 Å².